The van der Waals surface area contributed by atoms with Crippen LogP contribution in [0.1, 0.15) is 36.8 Å². The minimum atomic E-state index is -0.329. The van der Waals surface area contributed by atoms with Gasteiger partial charge in [0.25, 0.3) is 5.69 Å². The van der Waals surface area contributed by atoms with Gasteiger partial charge in [-0.05, 0) is 72.5 Å². The van der Waals surface area contributed by atoms with E-state index in [0.717, 1.165) is 41.4 Å². The summed E-state index contributed by atoms with van der Waals surface area (Å²) in [4.78, 5) is 14.9. The van der Waals surface area contributed by atoms with Gasteiger partial charge in [-0.1, -0.05) is 12.1 Å². The number of hydrogen-bond acceptors (Lipinski definition) is 3. The average Bonchev–Trinajstić information content (AvgIpc) is 2.42. The van der Waals surface area contributed by atoms with Gasteiger partial charge in [0.2, 0.25) is 0 Å². The number of nitro benzene ring substituents is 1. The van der Waals surface area contributed by atoms with Crippen molar-refractivity contribution < 1.29 is 4.92 Å². The van der Waals surface area contributed by atoms with E-state index in [0.29, 0.717) is 5.92 Å². The maximum absolute atomic E-state index is 10.8. The molecular weight excluding hydrogens is 332 g/mol. The quantitative estimate of drug-likeness (QED) is 0.438. The smallest absolute Gasteiger partial charge is 0.258 e. The zero-order valence-corrected chi connectivity index (χ0v) is 13.7. The predicted octanol–water partition coefficient (Wildman–Crippen LogP) is 4.94. The van der Waals surface area contributed by atoms with Gasteiger partial charge < -0.3 is 0 Å². The molecule has 0 amide bonds. The molecule has 1 atom stereocenters. The van der Waals surface area contributed by atoms with Crippen LogP contribution in [0.25, 0.3) is 0 Å². The first-order valence-corrected chi connectivity index (χ1v) is 7.99. The molecule has 5 heteroatoms. The van der Waals surface area contributed by atoms with Gasteiger partial charge in [-0.15, -0.1) is 0 Å². The van der Waals surface area contributed by atoms with Gasteiger partial charge in [0.15, 0.2) is 0 Å². The van der Waals surface area contributed by atoms with Crippen LogP contribution in [0.15, 0.2) is 33.9 Å². The van der Waals surface area contributed by atoms with Crippen LogP contribution >= 0.6 is 15.9 Å². The fraction of sp³-hybridized carbons (Fsp3) is 0.438. The van der Waals surface area contributed by atoms with Gasteiger partial charge in [0.1, 0.15) is 4.61 Å². The molecular formula is C16H19BrN2O2. The number of aliphatic imine (C=N–C) groups is 1. The molecule has 0 fully saturated rings. The highest BCUT2D eigenvalue weighted by Crippen LogP contribution is 2.23. The van der Waals surface area contributed by atoms with Crippen molar-refractivity contribution >= 4 is 27.8 Å². The lowest BCUT2D eigenvalue weighted by molar-refractivity contribution is -0.385. The molecule has 1 heterocycles. The summed E-state index contributed by atoms with van der Waals surface area (Å²) in [5.74, 6) is 0.474. The lowest BCUT2D eigenvalue weighted by Gasteiger charge is -2.13. The molecule has 1 unspecified atom stereocenters. The van der Waals surface area contributed by atoms with Crippen LogP contribution in [0.4, 0.5) is 5.69 Å². The van der Waals surface area contributed by atoms with E-state index in [1.807, 2.05) is 18.3 Å². The van der Waals surface area contributed by atoms with Gasteiger partial charge in [0, 0.05) is 17.8 Å². The first-order chi connectivity index (χ1) is 10.1. The molecule has 0 aromatic heterocycles. The minimum absolute atomic E-state index is 0.195. The molecule has 1 aromatic carbocycles. The lowest BCUT2D eigenvalue weighted by atomic mass is 9.94. The fourth-order valence-electron chi connectivity index (χ4n) is 2.55. The van der Waals surface area contributed by atoms with Crippen LogP contribution in [-0.4, -0.2) is 11.1 Å². The van der Waals surface area contributed by atoms with Crippen molar-refractivity contribution in [1.82, 2.24) is 0 Å². The van der Waals surface area contributed by atoms with Crippen molar-refractivity contribution in [3.63, 3.8) is 0 Å². The van der Waals surface area contributed by atoms with E-state index < -0.39 is 0 Å². The third-order valence-corrected chi connectivity index (χ3v) is 4.29. The van der Waals surface area contributed by atoms with Crippen molar-refractivity contribution in [1.29, 1.82) is 0 Å². The second-order valence-corrected chi connectivity index (χ2v) is 6.23. The van der Waals surface area contributed by atoms with E-state index in [9.17, 15) is 10.1 Å². The highest BCUT2D eigenvalue weighted by molar-refractivity contribution is 9.11. The minimum Gasteiger partial charge on any atom is -0.258 e. The largest absolute Gasteiger partial charge is 0.272 e. The third-order valence-electron chi connectivity index (χ3n) is 3.76. The number of aryl methyl sites for hydroxylation is 2. The molecule has 21 heavy (non-hydrogen) atoms. The Balaban J connectivity index is 1.98. The monoisotopic (exact) mass is 350 g/mol. The number of rotatable bonds is 4. The van der Waals surface area contributed by atoms with Crippen molar-refractivity contribution in [3.05, 3.63) is 50.1 Å². The van der Waals surface area contributed by atoms with Crippen LogP contribution in [-0.2, 0) is 6.42 Å². The lowest BCUT2D eigenvalue weighted by Crippen LogP contribution is -2.05. The zero-order chi connectivity index (χ0) is 15.2. The topological polar surface area (TPSA) is 55.5 Å². The number of allylic oxidation sites excluding steroid dienone is 1. The van der Waals surface area contributed by atoms with Crippen LogP contribution in [0.2, 0.25) is 0 Å². The summed E-state index contributed by atoms with van der Waals surface area (Å²) in [5, 5.41) is 10.8. The molecule has 4 nitrogen and oxygen atoms in total. The summed E-state index contributed by atoms with van der Waals surface area (Å²) < 4.78 is 0.915. The summed E-state index contributed by atoms with van der Waals surface area (Å²) in [7, 11) is 0. The highest BCUT2D eigenvalue weighted by Gasteiger charge is 2.12. The second-order valence-electron chi connectivity index (χ2n) is 5.41. The number of nitrogens with zero attached hydrogens (tertiary/aromatic N) is 2. The molecule has 0 saturated heterocycles. The Morgan fingerprint density at radius 1 is 1.48 bits per heavy atom. The van der Waals surface area contributed by atoms with E-state index in [-0.39, 0.29) is 10.6 Å². The molecule has 1 aliphatic rings. The molecule has 112 valence electrons. The van der Waals surface area contributed by atoms with Gasteiger partial charge in [-0.2, -0.15) is 0 Å². The number of hydrogen-bond donors (Lipinski definition) is 0. The van der Waals surface area contributed by atoms with Crippen LogP contribution in [0.5, 0.6) is 0 Å². The Morgan fingerprint density at radius 3 is 3.00 bits per heavy atom. The Bertz CT molecular complexity index is 582. The molecule has 1 aromatic rings. The Labute approximate surface area is 133 Å². The summed E-state index contributed by atoms with van der Waals surface area (Å²) in [6.07, 6.45) is 9.46. The Kier molecular flexibility index (Phi) is 5.67. The summed E-state index contributed by atoms with van der Waals surface area (Å²) in [6.45, 7) is 1.79. The second kappa shape index (κ2) is 7.50. The summed E-state index contributed by atoms with van der Waals surface area (Å²) in [6, 6.07) is 5.39. The van der Waals surface area contributed by atoms with Crippen LogP contribution in [0, 0.1) is 23.0 Å². The van der Waals surface area contributed by atoms with Gasteiger partial charge in [-0.25, -0.2) is 0 Å². The van der Waals surface area contributed by atoms with E-state index in [1.165, 1.54) is 6.42 Å². The molecule has 2 rings (SSSR count). The molecule has 0 N–H and O–H groups in total. The van der Waals surface area contributed by atoms with Crippen molar-refractivity contribution in [2.75, 3.05) is 0 Å². The SMILES string of the molecule is Cc1cc(CCC2/C=N\C(Br)=C\CCC2)ccc1[N+](=O)[O-]. The van der Waals surface area contributed by atoms with Crippen LogP contribution < -0.4 is 0 Å². The first-order valence-electron chi connectivity index (χ1n) is 7.20. The first kappa shape index (κ1) is 15.9. The number of halogens is 1. The molecule has 0 radical (unpaired) electrons. The molecule has 0 spiro atoms. The Hall–Kier alpha value is -1.49. The molecule has 0 bridgehead atoms. The summed E-state index contributed by atoms with van der Waals surface area (Å²) in [5.41, 5.74) is 2.08. The molecule has 1 aliphatic heterocycles. The van der Waals surface area contributed by atoms with Gasteiger partial charge in [0.05, 0.1) is 4.92 Å². The predicted molar refractivity (Wildman–Crippen MR) is 89.0 cm³/mol. The van der Waals surface area contributed by atoms with E-state index >= 15 is 0 Å². The van der Waals surface area contributed by atoms with E-state index in [2.05, 4.69) is 27.0 Å². The van der Waals surface area contributed by atoms with E-state index in [4.69, 9.17) is 0 Å². The molecule has 0 saturated carbocycles. The maximum atomic E-state index is 10.8. The molecule has 0 aliphatic carbocycles. The van der Waals surface area contributed by atoms with Crippen molar-refractivity contribution in [2.45, 2.75) is 39.0 Å². The van der Waals surface area contributed by atoms with Crippen molar-refractivity contribution in [2.24, 2.45) is 10.9 Å². The number of benzene rings is 1. The van der Waals surface area contributed by atoms with Crippen molar-refractivity contribution in [3.8, 4) is 0 Å². The third kappa shape index (κ3) is 4.77. The van der Waals surface area contributed by atoms with E-state index in [1.54, 1.807) is 13.0 Å². The van der Waals surface area contributed by atoms with Gasteiger partial charge in [-0.3, -0.25) is 15.1 Å². The Morgan fingerprint density at radius 2 is 2.29 bits per heavy atom. The average molecular weight is 351 g/mol. The van der Waals surface area contributed by atoms with Crippen LogP contribution in [0.3, 0.4) is 0 Å². The fourth-order valence-corrected chi connectivity index (χ4v) is 2.90. The highest BCUT2D eigenvalue weighted by atomic mass is 79.9. The summed E-state index contributed by atoms with van der Waals surface area (Å²) >= 11 is 3.43. The normalized spacial score (nSPS) is 22.8. The standard InChI is InChI=1S/C16H19BrN2O2/c1-12-10-13(8-9-15(12)19(20)21)6-7-14-4-2-3-5-16(17)18-11-14/h5,8-11,14H,2-4,6-7H2,1H3/b16-5+,18-11-. The van der Waals surface area contributed by atoms with Gasteiger partial charge >= 0.3 is 0 Å². The maximum Gasteiger partial charge on any atom is 0.272 e. The number of nitro groups is 1. The zero-order valence-electron chi connectivity index (χ0n) is 12.1.